The number of methoxy groups -OCH3 is 1. The normalized spacial score (nSPS) is 11.4. The maximum Gasteiger partial charge on any atom is 0.240 e. The van der Waals surface area contributed by atoms with Crippen LogP contribution in [-0.4, -0.2) is 20.5 Å². The van der Waals surface area contributed by atoms with Crippen molar-refractivity contribution >= 4 is 10.0 Å². The first-order chi connectivity index (χ1) is 14.6. The fourth-order valence-corrected chi connectivity index (χ4v) is 4.09. The van der Waals surface area contributed by atoms with Crippen molar-refractivity contribution in [2.75, 3.05) is 7.11 Å². The van der Waals surface area contributed by atoms with Gasteiger partial charge in [0.15, 0.2) is 5.76 Å². The van der Waals surface area contributed by atoms with Gasteiger partial charge in [-0.15, -0.1) is 0 Å². The Labute approximate surface area is 175 Å². The SMILES string of the molecule is COc1ccc(-c2ccc(S(=O)(=O)NCc3cccnc3-c3ccco3)cc2)cc1. The van der Waals surface area contributed by atoms with Crippen molar-refractivity contribution < 1.29 is 17.6 Å². The van der Waals surface area contributed by atoms with Gasteiger partial charge in [-0.1, -0.05) is 30.3 Å². The van der Waals surface area contributed by atoms with Crippen molar-refractivity contribution in [3.8, 4) is 28.3 Å². The van der Waals surface area contributed by atoms with Gasteiger partial charge in [-0.25, -0.2) is 13.1 Å². The van der Waals surface area contributed by atoms with E-state index >= 15 is 0 Å². The van der Waals surface area contributed by atoms with Gasteiger partial charge >= 0.3 is 0 Å². The summed E-state index contributed by atoms with van der Waals surface area (Å²) in [5.41, 5.74) is 3.24. The summed E-state index contributed by atoms with van der Waals surface area (Å²) in [7, 11) is -2.07. The van der Waals surface area contributed by atoms with Crippen LogP contribution in [0.1, 0.15) is 5.56 Å². The van der Waals surface area contributed by atoms with E-state index in [1.54, 1.807) is 62.0 Å². The Balaban J connectivity index is 1.50. The number of furan rings is 1. The van der Waals surface area contributed by atoms with E-state index in [0.717, 1.165) is 22.4 Å². The molecule has 4 rings (SSSR count). The molecule has 0 radical (unpaired) electrons. The molecule has 2 aromatic heterocycles. The predicted molar refractivity (Wildman–Crippen MR) is 114 cm³/mol. The Kier molecular flexibility index (Phi) is 5.65. The molecule has 0 aliphatic rings. The number of benzene rings is 2. The van der Waals surface area contributed by atoms with Gasteiger partial charge in [0.1, 0.15) is 11.4 Å². The molecule has 2 heterocycles. The molecule has 0 aliphatic carbocycles. The molecule has 0 atom stereocenters. The summed E-state index contributed by atoms with van der Waals surface area (Å²) in [5.74, 6) is 1.36. The van der Waals surface area contributed by atoms with Crippen LogP contribution in [0.4, 0.5) is 0 Å². The van der Waals surface area contributed by atoms with Crippen molar-refractivity contribution in [1.82, 2.24) is 9.71 Å². The Morgan fingerprint density at radius 2 is 1.63 bits per heavy atom. The number of hydrogen-bond acceptors (Lipinski definition) is 5. The van der Waals surface area contributed by atoms with Gasteiger partial charge in [0, 0.05) is 12.7 Å². The monoisotopic (exact) mass is 420 g/mol. The van der Waals surface area contributed by atoms with E-state index in [9.17, 15) is 8.42 Å². The zero-order valence-electron chi connectivity index (χ0n) is 16.3. The van der Waals surface area contributed by atoms with E-state index in [4.69, 9.17) is 9.15 Å². The summed E-state index contributed by atoms with van der Waals surface area (Å²) in [6.07, 6.45) is 3.20. The van der Waals surface area contributed by atoms with E-state index in [1.807, 2.05) is 30.3 Å². The van der Waals surface area contributed by atoms with Crippen LogP contribution in [0.2, 0.25) is 0 Å². The largest absolute Gasteiger partial charge is 0.497 e. The van der Waals surface area contributed by atoms with Crippen LogP contribution in [0.5, 0.6) is 5.75 Å². The number of hydrogen-bond donors (Lipinski definition) is 1. The zero-order chi connectivity index (χ0) is 21.0. The molecule has 152 valence electrons. The highest BCUT2D eigenvalue weighted by Gasteiger charge is 2.16. The summed E-state index contributed by atoms with van der Waals surface area (Å²) in [4.78, 5) is 4.51. The van der Waals surface area contributed by atoms with E-state index in [-0.39, 0.29) is 11.4 Å². The van der Waals surface area contributed by atoms with Crippen LogP contribution in [0.25, 0.3) is 22.6 Å². The summed E-state index contributed by atoms with van der Waals surface area (Å²) in [6, 6.07) is 21.5. The zero-order valence-corrected chi connectivity index (χ0v) is 17.1. The molecule has 30 heavy (non-hydrogen) atoms. The summed E-state index contributed by atoms with van der Waals surface area (Å²) in [5, 5.41) is 0. The quantitative estimate of drug-likeness (QED) is 0.476. The minimum Gasteiger partial charge on any atom is -0.497 e. The molecule has 0 unspecified atom stereocenters. The topological polar surface area (TPSA) is 81.4 Å². The van der Waals surface area contributed by atoms with E-state index < -0.39 is 10.0 Å². The second-order valence-electron chi connectivity index (χ2n) is 6.57. The van der Waals surface area contributed by atoms with Gasteiger partial charge in [0.25, 0.3) is 0 Å². The molecular weight excluding hydrogens is 400 g/mol. The number of ether oxygens (including phenoxy) is 1. The van der Waals surface area contributed by atoms with Crippen molar-refractivity contribution in [3.05, 3.63) is 90.8 Å². The van der Waals surface area contributed by atoms with Gasteiger partial charge in [-0.3, -0.25) is 4.98 Å². The number of nitrogens with zero attached hydrogens (tertiary/aromatic N) is 1. The van der Waals surface area contributed by atoms with Gasteiger partial charge in [0.2, 0.25) is 10.0 Å². The minimum absolute atomic E-state index is 0.104. The fraction of sp³-hybridized carbons (Fsp3) is 0.0870. The lowest BCUT2D eigenvalue weighted by Gasteiger charge is -2.10. The Morgan fingerprint density at radius 1 is 0.933 bits per heavy atom. The molecule has 0 amide bonds. The minimum atomic E-state index is -3.68. The van der Waals surface area contributed by atoms with Crippen LogP contribution < -0.4 is 9.46 Å². The van der Waals surface area contributed by atoms with E-state index in [2.05, 4.69) is 9.71 Å². The number of pyridine rings is 1. The van der Waals surface area contributed by atoms with Crippen LogP contribution >= 0.6 is 0 Å². The first-order valence-corrected chi connectivity index (χ1v) is 10.8. The standard InChI is InChI=1S/C23H20N2O4S/c1-28-20-10-6-17(7-11-20)18-8-12-21(13-9-18)30(26,27)25-16-19-4-2-14-24-23(19)22-5-3-15-29-22/h2-15,25H,16H2,1H3. The summed E-state index contributed by atoms with van der Waals surface area (Å²) < 4.78 is 38.7. The molecule has 4 aromatic rings. The molecule has 0 spiro atoms. The lowest BCUT2D eigenvalue weighted by molar-refractivity contribution is 0.415. The lowest BCUT2D eigenvalue weighted by Crippen LogP contribution is -2.23. The van der Waals surface area contributed by atoms with Crippen LogP contribution in [0, 0.1) is 0 Å². The maximum atomic E-state index is 12.8. The third-order valence-corrected chi connectivity index (χ3v) is 6.10. The molecule has 6 nitrogen and oxygen atoms in total. The number of nitrogens with one attached hydrogen (secondary N) is 1. The van der Waals surface area contributed by atoms with Gasteiger partial charge < -0.3 is 9.15 Å². The first kappa shape index (κ1) is 19.9. The summed E-state index contributed by atoms with van der Waals surface area (Å²) in [6.45, 7) is 0.104. The van der Waals surface area contributed by atoms with Crippen LogP contribution in [0.15, 0.2) is 94.6 Å². The average molecular weight is 420 g/mol. The highest BCUT2D eigenvalue weighted by Crippen LogP contribution is 2.25. The second kappa shape index (κ2) is 8.52. The molecular formula is C23H20N2O4S. The first-order valence-electron chi connectivity index (χ1n) is 9.29. The molecule has 0 saturated heterocycles. The predicted octanol–water partition coefficient (Wildman–Crippen LogP) is 4.50. The van der Waals surface area contributed by atoms with Crippen molar-refractivity contribution in [2.24, 2.45) is 0 Å². The smallest absolute Gasteiger partial charge is 0.240 e. The Bertz CT molecular complexity index is 1220. The molecule has 0 aliphatic heterocycles. The van der Waals surface area contributed by atoms with E-state index in [0.29, 0.717) is 11.5 Å². The van der Waals surface area contributed by atoms with Crippen molar-refractivity contribution in [3.63, 3.8) is 0 Å². The Hall–Kier alpha value is -3.42. The Morgan fingerprint density at radius 3 is 2.27 bits per heavy atom. The van der Waals surface area contributed by atoms with Crippen LogP contribution in [-0.2, 0) is 16.6 Å². The molecule has 0 fully saturated rings. The molecule has 0 saturated carbocycles. The number of aromatic nitrogens is 1. The molecule has 2 aromatic carbocycles. The summed E-state index contributed by atoms with van der Waals surface area (Å²) >= 11 is 0. The van der Waals surface area contributed by atoms with Gasteiger partial charge in [0.05, 0.1) is 18.3 Å². The van der Waals surface area contributed by atoms with Crippen molar-refractivity contribution in [1.29, 1.82) is 0 Å². The third-order valence-electron chi connectivity index (χ3n) is 4.69. The average Bonchev–Trinajstić information content (AvgIpc) is 3.33. The fourth-order valence-electron chi connectivity index (χ4n) is 3.08. The second-order valence-corrected chi connectivity index (χ2v) is 8.33. The third kappa shape index (κ3) is 4.27. The molecule has 1 N–H and O–H groups in total. The van der Waals surface area contributed by atoms with Gasteiger partial charge in [-0.2, -0.15) is 0 Å². The maximum absolute atomic E-state index is 12.8. The molecule has 7 heteroatoms. The highest BCUT2D eigenvalue weighted by atomic mass is 32.2. The number of rotatable bonds is 7. The molecule has 0 bridgehead atoms. The number of sulfonamides is 1. The van der Waals surface area contributed by atoms with Crippen LogP contribution in [0.3, 0.4) is 0 Å². The lowest BCUT2D eigenvalue weighted by atomic mass is 10.1. The van der Waals surface area contributed by atoms with Gasteiger partial charge in [-0.05, 0) is 59.2 Å². The van der Waals surface area contributed by atoms with Crippen molar-refractivity contribution in [2.45, 2.75) is 11.4 Å². The highest BCUT2D eigenvalue weighted by molar-refractivity contribution is 7.89. The van der Waals surface area contributed by atoms with E-state index in [1.165, 1.54) is 0 Å².